The number of fused-ring (bicyclic) bond motifs is 1. The zero-order valence-electron chi connectivity index (χ0n) is 19.9. The number of amides is 1. The van der Waals surface area contributed by atoms with Gasteiger partial charge in [0.15, 0.2) is 5.69 Å². The van der Waals surface area contributed by atoms with Crippen molar-refractivity contribution in [1.82, 2.24) is 20.1 Å². The Balaban J connectivity index is 1.17. The summed E-state index contributed by atoms with van der Waals surface area (Å²) < 4.78 is 45.5. The number of ether oxygens (including phenoxy) is 1. The summed E-state index contributed by atoms with van der Waals surface area (Å²) in [6.07, 6.45) is -0.0365. The van der Waals surface area contributed by atoms with Crippen molar-refractivity contribution >= 4 is 11.7 Å². The topological polar surface area (TPSA) is 80.2 Å². The molecule has 0 bridgehead atoms. The average Bonchev–Trinajstić information content (AvgIpc) is 3.36. The van der Waals surface area contributed by atoms with Crippen LogP contribution in [-0.2, 0) is 15.7 Å². The predicted molar refractivity (Wildman–Crippen MR) is 123 cm³/mol. The Morgan fingerprint density at radius 1 is 1.14 bits per heavy atom. The van der Waals surface area contributed by atoms with Crippen LogP contribution >= 0.6 is 0 Å². The molecule has 2 saturated heterocycles. The molecule has 7 nitrogen and oxygen atoms in total. The molecule has 1 amide bonds. The van der Waals surface area contributed by atoms with Crippen molar-refractivity contribution in [3.05, 3.63) is 36.2 Å². The molecule has 10 heteroatoms. The molecule has 2 aromatic heterocycles. The smallest absolute Gasteiger partial charge is 0.376 e. The minimum atomic E-state index is -4.56. The number of alkyl halides is 3. The van der Waals surface area contributed by atoms with Crippen LogP contribution < -0.4 is 5.32 Å². The van der Waals surface area contributed by atoms with E-state index in [1.807, 2.05) is 18.7 Å². The highest BCUT2D eigenvalue weighted by Crippen LogP contribution is 2.41. The van der Waals surface area contributed by atoms with Gasteiger partial charge in [0.2, 0.25) is 5.91 Å². The highest BCUT2D eigenvalue weighted by molar-refractivity contribution is 5.79. The number of hydrogen-bond acceptors (Lipinski definition) is 6. The standard InChI is InChI=1S/C25H30F3N5O2/c1-24(2)12-15(7-9-35-24)23(34)33-13-16-10-18(11-17(16)14-33)30-21-6-5-20(31-32-21)19-4-3-8-29-22(19)25(26,27)28/h3-6,8,15-18H,7,9-14H2,1-2H3,(H,30,32)/t15?,16-,17?,18?/m1/s1. The number of aromatic nitrogens is 3. The number of halogens is 3. The summed E-state index contributed by atoms with van der Waals surface area (Å²) in [5, 5.41) is 11.5. The van der Waals surface area contributed by atoms with E-state index in [4.69, 9.17) is 4.74 Å². The first-order valence-corrected chi connectivity index (χ1v) is 12.1. The summed E-state index contributed by atoms with van der Waals surface area (Å²) in [6.45, 7) is 6.29. The van der Waals surface area contributed by atoms with E-state index in [1.54, 1.807) is 6.07 Å². The molecule has 0 radical (unpaired) electrons. The van der Waals surface area contributed by atoms with Crippen LogP contribution in [0.4, 0.5) is 19.0 Å². The third-order valence-corrected chi connectivity index (χ3v) is 7.48. The molecule has 4 heterocycles. The van der Waals surface area contributed by atoms with Crippen molar-refractivity contribution in [3.8, 4) is 11.3 Å². The summed E-state index contributed by atoms with van der Waals surface area (Å²) >= 11 is 0. The lowest BCUT2D eigenvalue weighted by Crippen LogP contribution is -2.43. The van der Waals surface area contributed by atoms with Crippen LogP contribution in [-0.4, -0.2) is 57.3 Å². The summed E-state index contributed by atoms with van der Waals surface area (Å²) in [7, 11) is 0. The highest BCUT2D eigenvalue weighted by atomic mass is 19.4. The van der Waals surface area contributed by atoms with Gasteiger partial charge in [0.05, 0.1) is 11.3 Å². The fourth-order valence-corrected chi connectivity index (χ4v) is 5.90. The number of rotatable bonds is 4. The van der Waals surface area contributed by atoms with E-state index in [-0.39, 0.29) is 34.7 Å². The number of carbonyl (C=O) groups is 1. The van der Waals surface area contributed by atoms with Crippen molar-refractivity contribution < 1.29 is 22.7 Å². The second-order valence-corrected chi connectivity index (χ2v) is 10.6. The summed E-state index contributed by atoms with van der Waals surface area (Å²) in [5.74, 6) is 1.73. The van der Waals surface area contributed by atoms with E-state index in [9.17, 15) is 18.0 Å². The molecule has 4 atom stereocenters. The van der Waals surface area contributed by atoms with Crippen LogP contribution in [0, 0.1) is 17.8 Å². The molecule has 2 aromatic rings. The molecule has 3 unspecified atom stereocenters. The molecule has 188 valence electrons. The Bertz CT molecular complexity index is 1060. The van der Waals surface area contributed by atoms with Gasteiger partial charge in [0.1, 0.15) is 5.82 Å². The van der Waals surface area contributed by atoms with Crippen LogP contribution in [0.3, 0.4) is 0 Å². The number of hydrogen-bond donors (Lipinski definition) is 1. The molecule has 0 aromatic carbocycles. The number of carbonyl (C=O) groups excluding carboxylic acids is 1. The summed E-state index contributed by atoms with van der Waals surface area (Å²) in [4.78, 5) is 18.6. The van der Waals surface area contributed by atoms with Crippen LogP contribution in [0.5, 0.6) is 0 Å². The molecule has 1 aliphatic carbocycles. The minimum Gasteiger partial charge on any atom is -0.376 e. The van der Waals surface area contributed by atoms with Gasteiger partial charge in [-0.1, -0.05) is 0 Å². The van der Waals surface area contributed by atoms with E-state index >= 15 is 0 Å². The van der Waals surface area contributed by atoms with Gasteiger partial charge in [0, 0.05) is 43.4 Å². The van der Waals surface area contributed by atoms with Crippen molar-refractivity contribution in [1.29, 1.82) is 0 Å². The van der Waals surface area contributed by atoms with Gasteiger partial charge in [0.25, 0.3) is 0 Å². The normalized spacial score (nSPS) is 28.1. The SMILES string of the molecule is CC1(C)CC(C(=O)N2CC3CC(Nc4ccc(-c5cccnc5C(F)(F)F)nn4)C[C@@H]3C2)CCO1. The Morgan fingerprint density at radius 3 is 2.51 bits per heavy atom. The Kier molecular flexibility index (Phi) is 6.19. The zero-order valence-corrected chi connectivity index (χ0v) is 19.9. The lowest BCUT2D eigenvalue weighted by molar-refractivity contribution is -0.144. The van der Waals surface area contributed by atoms with E-state index in [0.717, 1.165) is 45.0 Å². The number of nitrogens with zero attached hydrogens (tertiary/aromatic N) is 4. The van der Waals surface area contributed by atoms with Crippen molar-refractivity contribution in [2.75, 3.05) is 25.0 Å². The molecular weight excluding hydrogens is 459 g/mol. The first-order chi connectivity index (χ1) is 16.6. The van der Waals surface area contributed by atoms with Gasteiger partial charge in [-0.15, -0.1) is 10.2 Å². The van der Waals surface area contributed by atoms with Crippen LogP contribution in [0.1, 0.15) is 45.2 Å². The molecule has 5 rings (SSSR count). The van der Waals surface area contributed by atoms with Crippen LogP contribution in [0.25, 0.3) is 11.3 Å². The fourth-order valence-electron chi connectivity index (χ4n) is 5.90. The third kappa shape index (κ3) is 5.12. The third-order valence-electron chi connectivity index (χ3n) is 7.48. The molecule has 1 N–H and O–H groups in total. The highest BCUT2D eigenvalue weighted by Gasteiger charge is 2.44. The Morgan fingerprint density at radius 2 is 1.89 bits per heavy atom. The van der Waals surface area contributed by atoms with Gasteiger partial charge >= 0.3 is 6.18 Å². The average molecular weight is 490 g/mol. The maximum absolute atomic E-state index is 13.3. The maximum atomic E-state index is 13.3. The lowest BCUT2D eigenvalue weighted by atomic mass is 9.87. The fraction of sp³-hybridized carbons (Fsp3) is 0.600. The van der Waals surface area contributed by atoms with Gasteiger partial charge in [-0.25, -0.2) is 0 Å². The molecule has 2 aliphatic heterocycles. The summed E-state index contributed by atoms with van der Waals surface area (Å²) in [6, 6.07) is 6.19. The van der Waals surface area contributed by atoms with Crippen molar-refractivity contribution in [2.24, 2.45) is 17.8 Å². The number of anilines is 1. The monoisotopic (exact) mass is 489 g/mol. The second-order valence-electron chi connectivity index (χ2n) is 10.6. The molecular formula is C25H30F3N5O2. The number of nitrogens with one attached hydrogen (secondary N) is 1. The van der Waals surface area contributed by atoms with E-state index in [2.05, 4.69) is 20.5 Å². The van der Waals surface area contributed by atoms with Gasteiger partial charge in [-0.2, -0.15) is 13.2 Å². The first-order valence-electron chi connectivity index (χ1n) is 12.1. The molecule has 1 saturated carbocycles. The van der Waals surface area contributed by atoms with Gasteiger partial charge in [-0.3, -0.25) is 9.78 Å². The van der Waals surface area contributed by atoms with Crippen LogP contribution in [0.15, 0.2) is 30.5 Å². The van der Waals surface area contributed by atoms with Crippen LogP contribution in [0.2, 0.25) is 0 Å². The largest absolute Gasteiger partial charge is 0.434 e. The minimum absolute atomic E-state index is 0.0398. The molecule has 0 spiro atoms. The molecule has 3 aliphatic rings. The van der Waals surface area contributed by atoms with E-state index < -0.39 is 11.9 Å². The maximum Gasteiger partial charge on any atom is 0.434 e. The predicted octanol–water partition coefficient (Wildman–Crippen LogP) is 4.41. The van der Waals surface area contributed by atoms with Crippen molar-refractivity contribution in [3.63, 3.8) is 0 Å². The Hall–Kier alpha value is -2.75. The first kappa shape index (κ1) is 24.0. The molecule has 35 heavy (non-hydrogen) atoms. The quantitative estimate of drug-likeness (QED) is 0.685. The summed E-state index contributed by atoms with van der Waals surface area (Å²) in [5.41, 5.74) is -1.18. The zero-order chi connectivity index (χ0) is 24.8. The molecule has 3 fully saturated rings. The number of likely N-dealkylation sites (tertiary alicyclic amines) is 1. The Labute approximate surface area is 202 Å². The second kappa shape index (κ2) is 9.04. The van der Waals surface area contributed by atoms with Gasteiger partial charge < -0.3 is 15.0 Å². The number of pyridine rings is 1. The van der Waals surface area contributed by atoms with Crippen molar-refractivity contribution in [2.45, 2.75) is 57.3 Å². The van der Waals surface area contributed by atoms with E-state index in [0.29, 0.717) is 24.3 Å². The van der Waals surface area contributed by atoms with E-state index in [1.165, 1.54) is 18.2 Å². The lowest BCUT2D eigenvalue weighted by Gasteiger charge is -2.36. The van der Waals surface area contributed by atoms with Gasteiger partial charge in [-0.05, 0) is 75.6 Å².